The average Bonchev–Trinajstić information content (AvgIpc) is 2.37. The summed E-state index contributed by atoms with van der Waals surface area (Å²) in [7, 11) is 0. The number of hydrogen-bond acceptors (Lipinski definition) is 2. The van der Waals surface area contributed by atoms with E-state index in [0.717, 1.165) is 17.8 Å². The molecule has 2 rings (SSSR count). The third-order valence-corrected chi connectivity index (χ3v) is 4.63. The van der Waals surface area contributed by atoms with Gasteiger partial charge in [0.25, 0.3) is 0 Å². The number of carbonyl (C=O) groups excluding carboxylic acids is 1. The van der Waals surface area contributed by atoms with Gasteiger partial charge in [0.15, 0.2) is 0 Å². The lowest BCUT2D eigenvalue weighted by molar-refractivity contribution is 0.112. The van der Waals surface area contributed by atoms with Gasteiger partial charge in [-0.25, -0.2) is 0 Å². The molecule has 17 heavy (non-hydrogen) atoms. The van der Waals surface area contributed by atoms with Crippen molar-refractivity contribution in [2.45, 2.75) is 43.9 Å². The van der Waals surface area contributed by atoms with Crippen LogP contribution in [0.15, 0.2) is 23.1 Å². The molecule has 2 heteroatoms. The lowest BCUT2D eigenvalue weighted by atomic mass is 9.91. The highest BCUT2D eigenvalue weighted by Gasteiger charge is 2.13. The molecule has 1 saturated carbocycles. The van der Waals surface area contributed by atoms with Crippen LogP contribution in [-0.2, 0) is 0 Å². The molecule has 1 aromatic carbocycles. The number of carbonyl (C=O) groups is 1. The summed E-state index contributed by atoms with van der Waals surface area (Å²) < 4.78 is 0. The molecule has 0 amide bonds. The summed E-state index contributed by atoms with van der Waals surface area (Å²) in [5, 5.41) is 0. The number of hydrogen-bond donors (Lipinski definition) is 0. The molecular weight excluding hydrogens is 228 g/mol. The Morgan fingerprint density at radius 3 is 2.71 bits per heavy atom. The van der Waals surface area contributed by atoms with Gasteiger partial charge in [-0.15, -0.1) is 11.8 Å². The van der Waals surface area contributed by atoms with E-state index in [4.69, 9.17) is 0 Å². The fourth-order valence-electron chi connectivity index (χ4n) is 2.50. The van der Waals surface area contributed by atoms with Gasteiger partial charge in [0.1, 0.15) is 6.29 Å². The summed E-state index contributed by atoms with van der Waals surface area (Å²) in [6.45, 7) is 2.05. The van der Waals surface area contributed by atoms with Crippen molar-refractivity contribution in [1.82, 2.24) is 0 Å². The Kier molecular flexibility index (Phi) is 4.66. The summed E-state index contributed by atoms with van der Waals surface area (Å²) >= 11 is 1.91. The SMILES string of the molecule is Cc1cc(C=O)cc(SCC2CCCCC2)c1. The van der Waals surface area contributed by atoms with Crippen molar-refractivity contribution in [3.8, 4) is 0 Å². The van der Waals surface area contributed by atoms with Gasteiger partial charge in [-0.2, -0.15) is 0 Å². The summed E-state index contributed by atoms with van der Waals surface area (Å²) in [6, 6.07) is 6.13. The Hall–Kier alpha value is -0.760. The van der Waals surface area contributed by atoms with E-state index in [1.54, 1.807) is 0 Å². The van der Waals surface area contributed by atoms with Crippen molar-refractivity contribution in [1.29, 1.82) is 0 Å². The summed E-state index contributed by atoms with van der Waals surface area (Å²) in [4.78, 5) is 12.1. The molecular formula is C15H20OS. The van der Waals surface area contributed by atoms with Crippen molar-refractivity contribution in [2.75, 3.05) is 5.75 Å². The van der Waals surface area contributed by atoms with Crippen molar-refractivity contribution in [3.63, 3.8) is 0 Å². The van der Waals surface area contributed by atoms with Gasteiger partial charge >= 0.3 is 0 Å². The summed E-state index contributed by atoms with van der Waals surface area (Å²) in [6.07, 6.45) is 7.94. The molecule has 0 spiro atoms. The van der Waals surface area contributed by atoms with Gasteiger partial charge in [0, 0.05) is 16.2 Å². The summed E-state index contributed by atoms with van der Waals surface area (Å²) in [5.41, 5.74) is 1.98. The lowest BCUT2D eigenvalue weighted by Gasteiger charge is -2.21. The monoisotopic (exact) mass is 248 g/mol. The zero-order valence-electron chi connectivity index (χ0n) is 10.4. The number of aryl methyl sites for hydroxylation is 1. The maximum absolute atomic E-state index is 10.8. The van der Waals surface area contributed by atoms with Gasteiger partial charge in [-0.05, 0) is 49.4 Å². The van der Waals surface area contributed by atoms with Gasteiger partial charge in [0.05, 0.1) is 0 Å². The lowest BCUT2D eigenvalue weighted by Crippen LogP contribution is -2.08. The zero-order valence-corrected chi connectivity index (χ0v) is 11.3. The Balaban J connectivity index is 1.93. The minimum atomic E-state index is 0.802. The first kappa shape index (κ1) is 12.7. The first-order valence-corrected chi connectivity index (χ1v) is 7.46. The molecule has 1 fully saturated rings. The van der Waals surface area contributed by atoms with Crippen LogP contribution in [0.25, 0.3) is 0 Å². The van der Waals surface area contributed by atoms with Crippen LogP contribution >= 0.6 is 11.8 Å². The molecule has 0 heterocycles. The van der Waals surface area contributed by atoms with Crippen LogP contribution in [0.2, 0.25) is 0 Å². The van der Waals surface area contributed by atoms with Crippen molar-refractivity contribution in [3.05, 3.63) is 29.3 Å². The fraction of sp³-hybridized carbons (Fsp3) is 0.533. The average molecular weight is 248 g/mol. The normalized spacial score (nSPS) is 17.0. The third kappa shape index (κ3) is 3.88. The molecule has 0 bridgehead atoms. The topological polar surface area (TPSA) is 17.1 Å². The minimum Gasteiger partial charge on any atom is -0.298 e. The second-order valence-corrected chi connectivity index (χ2v) is 6.11. The van der Waals surface area contributed by atoms with Crippen LogP contribution in [0.5, 0.6) is 0 Å². The molecule has 0 N–H and O–H groups in total. The summed E-state index contributed by atoms with van der Waals surface area (Å²) in [5.74, 6) is 2.09. The van der Waals surface area contributed by atoms with Crippen molar-refractivity contribution in [2.24, 2.45) is 5.92 Å². The standard InChI is InChI=1S/C15H20OS/c1-12-7-14(10-16)9-15(8-12)17-11-13-5-3-2-4-6-13/h7-10,13H,2-6,11H2,1H3. The van der Waals surface area contributed by atoms with Crippen molar-refractivity contribution < 1.29 is 4.79 Å². The predicted octanol–water partition coefficient (Wildman–Crippen LogP) is 4.48. The first-order valence-electron chi connectivity index (χ1n) is 6.47. The van der Waals surface area contributed by atoms with E-state index in [1.807, 2.05) is 23.9 Å². The second kappa shape index (κ2) is 6.25. The molecule has 0 saturated heterocycles. The number of rotatable bonds is 4. The molecule has 0 aromatic heterocycles. The maximum atomic E-state index is 10.8. The first-order chi connectivity index (χ1) is 8.28. The van der Waals surface area contributed by atoms with Gasteiger partial charge in [0.2, 0.25) is 0 Å². The smallest absolute Gasteiger partial charge is 0.150 e. The molecule has 1 aliphatic rings. The van der Waals surface area contributed by atoms with E-state index in [1.165, 1.54) is 48.3 Å². The van der Waals surface area contributed by atoms with E-state index in [9.17, 15) is 4.79 Å². The van der Waals surface area contributed by atoms with Crippen LogP contribution < -0.4 is 0 Å². The van der Waals surface area contributed by atoms with Gasteiger partial charge in [-0.1, -0.05) is 19.3 Å². The van der Waals surface area contributed by atoms with E-state index < -0.39 is 0 Å². The predicted molar refractivity (Wildman–Crippen MR) is 73.9 cm³/mol. The van der Waals surface area contributed by atoms with Gasteiger partial charge in [-0.3, -0.25) is 4.79 Å². The van der Waals surface area contributed by atoms with Crippen LogP contribution in [-0.4, -0.2) is 12.0 Å². The highest BCUT2D eigenvalue weighted by Crippen LogP contribution is 2.30. The largest absolute Gasteiger partial charge is 0.298 e. The molecule has 0 unspecified atom stereocenters. The number of benzene rings is 1. The zero-order chi connectivity index (χ0) is 12.1. The molecule has 0 aliphatic heterocycles. The number of thioether (sulfide) groups is 1. The third-order valence-electron chi connectivity index (χ3n) is 3.42. The molecule has 1 aliphatic carbocycles. The van der Waals surface area contributed by atoms with E-state index >= 15 is 0 Å². The fourth-order valence-corrected chi connectivity index (χ4v) is 3.75. The van der Waals surface area contributed by atoms with Crippen LogP contribution in [0.1, 0.15) is 48.0 Å². The maximum Gasteiger partial charge on any atom is 0.150 e. The Labute approximate surface area is 108 Å². The van der Waals surface area contributed by atoms with E-state index in [-0.39, 0.29) is 0 Å². The van der Waals surface area contributed by atoms with Crippen LogP contribution in [0, 0.1) is 12.8 Å². The van der Waals surface area contributed by atoms with Crippen molar-refractivity contribution >= 4 is 18.0 Å². The molecule has 92 valence electrons. The Bertz CT molecular complexity index is 381. The molecule has 1 aromatic rings. The number of aldehydes is 1. The Morgan fingerprint density at radius 1 is 1.24 bits per heavy atom. The quantitative estimate of drug-likeness (QED) is 0.577. The van der Waals surface area contributed by atoms with Crippen LogP contribution in [0.3, 0.4) is 0 Å². The van der Waals surface area contributed by atoms with Crippen LogP contribution in [0.4, 0.5) is 0 Å². The Morgan fingerprint density at radius 2 is 2.00 bits per heavy atom. The second-order valence-electron chi connectivity index (χ2n) is 5.01. The minimum absolute atomic E-state index is 0.802. The molecule has 0 radical (unpaired) electrons. The van der Waals surface area contributed by atoms with E-state index in [0.29, 0.717) is 0 Å². The highest BCUT2D eigenvalue weighted by molar-refractivity contribution is 7.99. The van der Waals surface area contributed by atoms with Gasteiger partial charge < -0.3 is 0 Å². The van der Waals surface area contributed by atoms with E-state index in [2.05, 4.69) is 13.0 Å². The molecule has 1 nitrogen and oxygen atoms in total. The molecule has 0 atom stereocenters. The highest BCUT2D eigenvalue weighted by atomic mass is 32.2.